The molecular weight excluding hydrogens is 433 g/mol. The van der Waals surface area contributed by atoms with Gasteiger partial charge in [-0.3, -0.25) is 0 Å². The van der Waals surface area contributed by atoms with E-state index >= 15 is 0 Å². The van der Waals surface area contributed by atoms with Crippen LogP contribution >= 0.6 is 0 Å². The molecule has 4 rings (SSSR count). The Balaban J connectivity index is 1.41. The zero-order chi connectivity index (χ0) is 23.9. The van der Waals surface area contributed by atoms with E-state index in [2.05, 4.69) is 11.8 Å². The minimum atomic E-state index is -0.401. The van der Waals surface area contributed by atoms with E-state index in [0.29, 0.717) is 30.6 Å². The summed E-state index contributed by atoms with van der Waals surface area (Å²) >= 11 is 0. The Hall–Kier alpha value is -3.55. The highest BCUT2D eigenvalue weighted by atomic mass is 19.1. The Morgan fingerprint density at radius 1 is 0.676 bits per heavy atom. The summed E-state index contributed by atoms with van der Waals surface area (Å²) in [5.74, 6) is 4.94. The lowest BCUT2D eigenvalue weighted by Gasteiger charge is -2.07. The maximum absolute atomic E-state index is 14.6. The van der Waals surface area contributed by atoms with E-state index in [9.17, 15) is 13.2 Å². The van der Waals surface area contributed by atoms with Crippen molar-refractivity contribution in [3.8, 4) is 11.8 Å². The van der Waals surface area contributed by atoms with Gasteiger partial charge in [-0.05, 0) is 95.6 Å². The molecule has 0 N–H and O–H groups in total. The van der Waals surface area contributed by atoms with Gasteiger partial charge in [0.05, 0.1) is 5.56 Å². The van der Waals surface area contributed by atoms with E-state index < -0.39 is 5.82 Å². The minimum absolute atomic E-state index is 0.226. The quantitative estimate of drug-likeness (QED) is 0.214. The third-order valence-electron chi connectivity index (χ3n) is 5.79. The maximum Gasteiger partial charge on any atom is 0.139 e. The van der Waals surface area contributed by atoms with Crippen LogP contribution in [-0.4, -0.2) is 13.7 Å². The van der Waals surface area contributed by atoms with Crippen LogP contribution in [0.15, 0.2) is 72.8 Å². The smallest absolute Gasteiger partial charge is 0.139 e. The molecule has 0 unspecified atom stereocenters. The zero-order valence-corrected chi connectivity index (χ0v) is 19.0. The number of methoxy groups -OCH3 is 1. The lowest BCUT2D eigenvalue weighted by atomic mass is 10.00. The highest BCUT2D eigenvalue weighted by molar-refractivity contribution is 5.84. The molecule has 1 nitrogen and oxygen atoms in total. The summed E-state index contributed by atoms with van der Waals surface area (Å²) < 4.78 is 47.4. The Bertz CT molecular complexity index is 1360. The second kappa shape index (κ2) is 11.0. The molecule has 34 heavy (non-hydrogen) atoms. The van der Waals surface area contributed by atoms with E-state index in [-0.39, 0.29) is 11.6 Å². The van der Waals surface area contributed by atoms with Crippen molar-refractivity contribution in [1.29, 1.82) is 0 Å². The second-order valence-electron chi connectivity index (χ2n) is 8.29. The molecule has 0 fully saturated rings. The van der Waals surface area contributed by atoms with Gasteiger partial charge in [-0.25, -0.2) is 13.2 Å². The Morgan fingerprint density at radius 2 is 1.41 bits per heavy atom. The number of halogens is 3. The number of hydrogen-bond acceptors (Lipinski definition) is 1. The van der Waals surface area contributed by atoms with Gasteiger partial charge in [0, 0.05) is 19.3 Å². The molecule has 4 heteroatoms. The van der Waals surface area contributed by atoms with Crippen LogP contribution in [0.2, 0.25) is 0 Å². The largest absolute Gasteiger partial charge is 0.385 e. The van der Waals surface area contributed by atoms with Crippen molar-refractivity contribution in [2.75, 3.05) is 13.7 Å². The highest BCUT2D eigenvalue weighted by Crippen LogP contribution is 2.19. The molecule has 172 valence electrons. The summed E-state index contributed by atoms with van der Waals surface area (Å²) in [4.78, 5) is 0. The third-order valence-corrected chi connectivity index (χ3v) is 5.79. The van der Waals surface area contributed by atoms with Crippen molar-refractivity contribution in [3.05, 3.63) is 118 Å². The topological polar surface area (TPSA) is 9.23 Å². The molecule has 0 atom stereocenters. The molecule has 0 radical (unpaired) electrons. The average molecular weight is 459 g/mol. The van der Waals surface area contributed by atoms with Gasteiger partial charge in [-0.1, -0.05) is 42.2 Å². The molecule has 0 aliphatic rings. The van der Waals surface area contributed by atoms with E-state index in [4.69, 9.17) is 4.74 Å². The predicted octanol–water partition coefficient (Wildman–Crippen LogP) is 7.02. The number of ether oxygens (including phenoxy) is 1. The summed E-state index contributed by atoms with van der Waals surface area (Å²) in [7, 11) is 1.65. The van der Waals surface area contributed by atoms with E-state index in [1.54, 1.807) is 37.4 Å². The van der Waals surface area contributed by atoms with Crippen molar-refractivity contribution < 1.29 is 17.9 Å². The molecular formula is C30H25F3O. The van der Waals surface area contributed by atoms with Crippen LogP contribution < -0.4 is 0 Å². The number of aryl methyl sites for hydroxylation is 3. The zero-order valence-electron chi connectivity index (χ0n) is 19.0. The molecule has 0 saturated carbocycles. The lowest BCUT2D eigenvalue weighted by molar-refractivity contribution is 0.195. The molecule has 0 amide bonds. The maximum atomic E-state index is 14.6. The van der Waals surface area contributed by atoms with Crippen molar-refractivity contribution >= 4 is 10.8 Å². The molecule has 0 heterocycles. The van der Waals surface area contributed by atoms with Gasteiger partial charge in [-0.15, -0.1) is 0 Å². The summed E-state index contributed by atoms with van der Waals surface area (Å²) in [6.07, 6.45) is 2.65. The molecule has 0 bridgehead atoms. The van der Waals surface area contributed by atoms with Gasteiger partial charge in [0.2, 0.25) is 0 Å². The number of hydrogen-bond donors (Lipinski definition) is 0. The fourth-order valence-corrected chi connectivity index (χ4v) is 3.90. The van der Waals surface area contributed by atoms with Crippen LogP contribution in [-0.2, 0) is 24.0 Å². The third kappa shape index (κ3) is 6.07. The van der Waals surface area contributed by atoms with Crippen molar-refractivity contribution in [2.24, 2.45) is 0 Å². The van der Waals surface area contributed by atoms with Gasteiger partial charge < -0.3 is 4.74 Å². The molecule has 0 aliphatic heterocycles. The average Bonchev–Trinajstić information content (AvgIpc) is 2.83. The summed E-state index contributed by atoms with van der Waals surface area (Å²) in [5, 5.41) is 1.66. The number of rotatable bonds is 7. The van der Waals surface area contributed by atoms with Gasteiger partial charge in [0.15, 0.2) is 0 Å². The van der Waals surface area contributed by atoms with Crippen LogP contribution in [0.25, 0.3) is 10.8 Å². The van der Waals surface area contributed by atoms with Crippen LogP contribution in [0.4, 0.5) is 13.2 Å². The van der Waals surface area contributed by atoms with Gasteiger partial charge >= 0.3 is 0 Å². The minimum Gasteiger partial charge on any atom is -0.385 e. The number of benzene rings is 4. The Morgan fingerprint density at radius 3 is 2.21 bits per heavy atom. The van der Waals surface area contributed by atoms with Crippen LogP contribution in [0.1, 0.15) is 34.2 Å². The fraction of sp³-hybridized carbons (Fsp3) is 0.200. The van der Waals surface area contributed by atoms with E-state index in [1.165, 1.54) is 18.2 Å². The normalized spacial score (nSPS) is 10.8. The van der Waals surface area contributed by atoms with E-state index in [1.807, 2.05) is 24.3 Å². The molecule has 4 aromatic carbocycles. The van der Waals surface area contributed by atoms with Crippen molar-refractivity contribution in [3.63, 3.8) is 0 Å². The Kier molecular flexibility index (Phi) is 7.67. The highest BCUT2D eigenvalue weighted by Gasteiger charge is 2.07. The van der Waals surface area contributed by atoms with Crippen LogP contribution in [0.5, 0.6) is 0 Å². The molecule has 4 aromatic rings. The summed E-state index contributed by atoms with van der Waals surface area (Å²) in [5.41, 5.74) is 3.39. The van der Waals surface area contributed by atoms with Gasteiger partial charge in [0.1, 0.15) is 17.5 Å². The lowest BCUT2D eigenvalue weighted by Crippen LogP contribution is -1.99. The molecule has 0 spiro atoms. The first-order valence-electron chi connectivity index (χ1n) is 11.3. The predicted molar refractivity (Wildman–Crippen MR) is 130 cm³/mol. The summed E-state index contributed by atoms with van der Waals surface area (Å²) in [6.45, 7) is 0.652. The fourth-order valence-electron chi connectivity index (χ4n) is 3.90. The first-order chi connectivity index (χ1) is 16.5. The monoisotopic (exact) mass is 458 g/mol. The van der Waals surface area contributed by atoms with Crippen LogP contribution in [0, 0.1) is 29.3 Å². The van der Waals surface area contributed by atoms with Gasteiger partial charge in [0.25, 0.3) is 0 Å². The first kappa shape index (κ1) is 23.6. The van der Waals surface area contributed by atoms with Crippen LogP contribution in [0.3, 0.4) is 0 Å². The SMILES string of the molecule is COCCCc1ccc(CCc2ccc(C#Cc3ccc4cc(F)ccc4c3)c(F)c2)c(F)c1. The first-order valence-corrected chi connectivity index (χ1v) is 11.3. The standard InChI is InChI=1S/C30H25F3O/c1-34-16-2-3-21-4-9-24(29(32)18-21)11-6-23-7-12-25(30(33)19-23)10-5-22-8-13-27-20-28(31)15-14-26(27)17-22/h4,7-9,12-15,17-20H,2-3,6,11,16H2,1H3. The summed E-state index contributed by atoms with van der Waals surface area (Å²) in [6, 6.07) is 20.3. The van der Waals surface area contributed by atoms with Crippen molar-refractivity contribution in [1.82, 2.24) is 0 Å². The van der Waals surface area contributed by atoms with E-state index in [0.717, 1.165) is 40.3 Å². The molecule has 0 saturated heterocycles. The second-order valence-corrected chi connectivity index (χ2v) is 8.29. The van der Waals surface area contributed by atoms with Crippen molar-refractivity contribution in [2.45, 2.75) is 25.7 Å². The molecule has 0 aliphatic carbocycles. The number of fused-ring (bicyclic) bond motifs is 1. The molecule has 0 aromatic heterocycles. The van der Waals surface area contributed by atoms with Gasteiger partial charge in [-0.2, -0.15) is 0 Å². The Labute approximate surface area is 198 Å².